The van der Waals surface area contributed by atoms with E-state index < -0.39 is 29.9 Å². The van der Waals surface area contributed by atoms with Crippen molar-refractivity contribution in [3.05, 3.63) is 29.6 Å². The molecule has 0 unspecified atom stereocenters. The molecule has 0 radical (unpaired) electrons. The van der Waals surface area contributed by atoms with E-state index in [0.717, 1.165) is 43.3 Å². The van der Waals surface area contributed by atoms with Gasteiger partial charge in [-0.15, -0.1) is 0 Å². The number of rotatable bonds is 6. The number of carbonyl (C=O) groups is 1. The molecule has 28 heavy (non-hydrogen) atoms. The average molecular weight is 415 g/mol. The summed E-state index contributed by atoms with van der Waals surface area (Å²) in [7, 11) is 0. The van der Waals surface area contributed by atoms with Gasteiger partial charge in [-0.2, -0.15) is 18.4 Å². The van der Waals surface area contributed by atoms with Crippen molar-refractivity contribution in [2.45, 2.75) is 56.7 Å². The largest absolute Gasteiger partial charge is 0.389 e. The first-order chi connectivity index (χ1) is 13.2. The smallest absolute Gasteiger partial charge is 0.347 e. The highest BCUT2D eigenvalue weighted by molar-refractivity contribution is 8.00. The van der Waals surface area contributed by atoms with Crippen LogP contribution >= 0.6 is 11.9 Å². The fraction of sp³-hybridized carbons (Fsp3) is 0.579. The number of nitrogens with one attached hydrogen (secondary N) is 2. The van der Waals surface area contributed by atoms with Gasteiger partial charge >= 0.3 is 6.18 Å². The molecule has 0 atom stereocenters. The predicted molar refractivity (Wildman–Crippen MR) is 99.1 cm³/mol. The van der Waals surface area contributed by atoms with Crippen LogP contribution in [0.2, 0.25) is 0 Å². The molecule has 4 rings (SSSR count). The van der Waals surface area contributed by atoms with E-state index in [9.17, 15) is 27.6 Å². The molecular weight excluding hydrogens is 394 g/mol. The van der Waals surface area contributed by atoms with Gasteiger partial charge in [0.2, 0.25) is 0 Å². The highest BCUT2D eigenvalue weighted by atomic mass is 32.2. The molecule has 0 heterocycles. The number of anilines is 1. The van der Waals surface area contributed by atoms with Crippen molar-refractivity contribution in [2.75, 3.05) is 10.5 Å². The fourth-order valence-corrected chi connectivity index (χ4v) is 4.71. The molecule has 152 valence electrons. The maximum absolute atomic E-state index is 13.7. The number of nitrogens with zero attached hydrogens (tertiary/aromatic N) is 1. The SMILES string of the molecule is N#CC12CCC(NC(=O)c3cc(F)ccc3NSCCC(F)(F)F)(CC1)CC2. The standard InChI is InChI=1S/C19H21F4N3OS/c20-13-1-2-15(26-28-10-9-19(21,22)23)14(11-13)16(27)25-18-6-3-17(12-24,4-7-18)5-8-18/h1-2,11,26H,3-10H2,(H,25,27). The lowest BCUT2D eigenvalue weighted by atomic mass is 9.58. The molecule has 2 bridgehead atoms. The highest BCUT2D eigenvalue weighted by Crippen LogP contribution is 2.52. The van der Waals surface area contributed by atoms with Crippen molar-refractivity contribution in [3.8, 4) is 6.07 Å². The van der Waals surface area contributed by atoms with Crippen LogP contribution in [-0.4, -0.2) is 23.4 Å². The van der Waals surface area contributed by atoms with Gasteiger partial charge in [0.15, 0.2) is 0 Å². The van der Waals surface area contributed by atoms with Gasteiger partial charge in [0, 0.05) is 11.3 Å². The maximum Gasteiger partial charge on any atom is 0.389 e. The van der Waals surface area contributed by atoms with E-state index in [4.69, 9.17) is 0 Å². The minimum atomic E-state index is -4.25. The number of hydrogen-bond acceptors (Lipinski definition) is 4. The summed E-state index contributed by atoms with van der Waals surface area (Å²) in [4.78, 5) is 12.8. The molecule has 0 aromatic heterocycles. The molecule has 1 amide bonds. The van der Waals surface area contributed by atoms with Crippen LogP contribution in [0.1, 0.15) is 55.3 Å². The van der Waals surface area contributed by atoms with Gasteiger partial charge in [-0.3, -0.25) is 4.79 Å². The molecule has 0 spiro atoms. The Morgan fingerprint density at radius 2 is 1.82 bits per heavy atom. The first-order valence-corrected chi connectivity index (χ1v) is 10.1. The van der Waals surface area contributed by atoms with Crippen molar-refractivity contribution >= 4 is 23.5 Å². The van der Waals surface area contributed by atoms with Crippen molar-refractivity contribution in [3.63, 3.8) is 0 Å². The number of alkyl halides is 3. The van der Waals surface area contributed by atoms with Crippen molar-refractivity contribution in [1.82, 2.24) is 5.32 Å². The van der Waals surface area contributed by atoms with Crippen LogP contribution in [0, 0.1) is 22.6 Å². The summed E-state index contributed by atoms with van der Waals surface area (Å²) in [5.74, 6) is -1.27. The number of fused-ring (bicyclic) bond motifs is 3. The summed E-state index contributed by atoms with van der Waals surface area (Å²) in [6.45, 7) is 0. The summed E-state index contributed by atoms with van der Waals surface area (Å²) in [6.07, 6.45) is -0.934. The van der Waals surface area contributed by atoms with E-state index in [2.05, 4.69) is 16.1 Å². The van der Waals surface area contributed by atoms with Crippen LogP contribution in [0.3, 0.4) is 0 Å². The molecule has 3 aliphatic carbocycles. The third kappa shape index (κ3) is 4.72. The Morgan fingerprint density at radius 1 is 1.18 bits per heavy atom. The molecule has 4 nitrogen and oxygen atoms in total. The van der Waals surface area contributed by atoms with E-state index in [1.165, 1.54) is 6.07 Å². The van der Waals surface area contributed by atoms with Crippen LogP contribution < -0.4 is 10.0 Å². The van der Waals surface area contributed by atoms with E-state index >= 15 is 0 Å². The lowest BCUT2D eigenvalue weighted by Crippen LogP contribution is -2.56. The second kappa shape index (κ2) is 7.82. The van der Waals surface area contributed by atoms with Gasteiger partial charge in [0.1, 0.15) is 5.82 Å². The van der Waals surface area contributed by atoms with E-state index in [1.54, 1.807) is 0 Å². The Kier molecular flexibility index (Phi) is 5.80. The summed E-state index contributed by atoms with van der Waals surface area (Å²) in [5.41, 5.74) is -0.340. The number of halogens is 4. The van der Waals surface area contributed by atoms with Gasteiger partial charge in [-0.1, -0.05) is 11.9 Å². The van der Waals surface area contributed by atoms with Crippen molar-refractivity contribution in [1.29, 1.82) is 5.26 Å². The molecule has 1 aromatic rings. The van der Waals surface area contributed by atoms with Crippen LogP contribution in [-0.2, 0) is 0 Å². The maximum atomic E-state index is 13.7. The van der Waals surface area contributed by atoms with Gasteiger partial charge < -0.3 is 10.0 Å². The molecule has 2 N–H and O–H groups in total. The Balaban J connectivity index is 1.66. The minimum Gasteiger partial charge on any atom is -0.347 e. The van der Waals surface area contributed by atoms with E-state index in [0.29, 0.717) is 19.3 Å². The van der Waals surface area contributed by atoms with Gasteiger partial charge in [0.05, 0.1) is 29.2 Å². The molecule has 0 saturated heterocycles. The second-order valence-corrected chi connectivity index (χ2v) is 8.53. The Morgan fingerprint density at radius 3 is 2.39 bits per heavy atom. The normalized spacial score (nSPS) is 26.5. The Hall–Kier alpha value is -1.95. The summed E-state index contributed by atoms with van der Waals surface area (Å²) >= 11 is 0.823. The number of nitriles is 1. The summed E-state index contributed by atoms with van der Waals surface area (Å²) in [5, 5.41) is 12.4. The van der Waals surface area contributed by atoms with E-state index in [-0.39, 0.29) is 22.4 Å². The zero-order valence-corrected chi connectivity index (χ0v) is 16.0. The number of amides is 1. The molecule has 3 saturated carbocycles. The van der Waals surface area contributed by atoms with Crippen LogP contribution in [0.15, 0.2) is 18.2 Å². The van der Waals surface area contributed by atoms with Crippen LogP contribution in [0.5, 0.6) is 0 Å². The van der Waals surface area contributed by atoms with Gasteiger partial charge in [0.25, 0.3) is 5.91 Å². The molecule has 3 fully saturated rings. The molecule has 1 aromatic carbocycles. The Bertz CT molecular complexity index is 766. The quantitative estimate of drug-likeness (QED) is 0.382. The highest BCUT2D eigenvalue weighted by Gasteiger charge is 2.49. The predicted octanol–water partition coefficient (Wildman–Crippen LogP) is 5.18. The van der Waals surface area contributed by atoms with Crippen molar-refractivity contribution in [2.24, 2.45) is 5.41 Å². The summed E-state index contributed by atoms with van der Waals surface area (Å²) < 4.78 is 53.2. The zero-order chi connectivity index (χ0) is 20.4. The van der Waals surface area contributed by atoms with Crippen molar-refractivity contribution < 1.29 is 22.4 Å². The van der Waals surface area contributed by atoms with Gasteiger partial charge in [-0.05, 0) is 56.7 Å². The topological polar surface area (TPSA) is 64.9 Å². The lowest BCUT2D eigenvalue weighted by molar-refractivity contribution is -0.129. The Labute approximate surface area is 165 Å². The first kappa shape index (κ1) is 20.8. The number of hydrogen-bond donors (Lipinski definition) is 2. The van der Waals surface area contributed by atoms with Crippen LogP contribution in [0.4, 0.5) is 23.2 Å². The third-order valence-corrected chi connectivity index (χ3v) is 6.53. The molecular formula is C19H21F4N3OS. The van der Waals surface area contributed by atoms with Gasteiger partial charge in [-0.25, -0.2) is 4.39 Å². The minimum absolute atomic E-state index is 0.0663. The number of benzene rings is 1. The first-order valence-electron chi connectivity index (χ1n) is 9.14. The molecule has 0 aliphatic heterocycles. The monoisotopic (exact) mass is 415 g/mol. The lowest BCUT2D eigenvalue weighted by Gasteiger charge is -2.50. The average Bonchev–Trinajstić information content (AvgIpc) is 2.66. The molecule has 9 heteroatoms. The van der Waals surface area contributed by atoms with Crippen LogP contribution in [0.25, 0.3) is 0 Å². The summed E-state index contributed by atoms with van der Waals surface area (Å²) in [6, 6.07) is 6.00. The third-order valence-electron chi connectivity index (χ3n) is 5.76. The van der Waals surface area contributed by atoms with E-state index in [1.807, 2.05) is 0 Å². The fourth-order valence-electron chi connectivity index (χ4n) is 3.94. The molecule has 3 aliphatic rings. The second-order valence-electron chi connectivity index (χ2n) is 7.63. The number of carbonyl (C=O) groups excluding carboxylic acids is 1. The zero-order valence-electron chi connectivity index (χ0n) is 15.2.